The third-order valence-corrected chi connectivity index (χ3v) is 24.1. The summed E-state index contributed by atoms with van der Waals surface area (Å²) >= 11 is 0. The lowest BCUT2D eigenvalue weighted by atomic mass is 9.79. The second kappa shape index (κ2) is 29.1. The van der Waals surface area contributed by atoms with Crippen molar-refractivity contribution in [1.29, 1.82) is 5.26 Å². The van der Waals surface area contributed by atoms with E-state index in [1.54, 1.807) is 0 Å². The minimum atomic E-state index is 0.616. The molecule has 0 aliphatic rings. The van der Waals surface area contributed by atoms with Crippen molar-refractivity contribution in [3.05, 3.63) is 420 Å². The van der Waals surface area contributed by atoms with Crippen LogP contribution in [0.3, 0.4) is 0 Å². The largest absolute Gasteiger partial charge is 0.310 e. The summed E-state index contributed by atoms with van der Waals surface area (Å²) in [4.78, 5) is 8.54. The van der Waals surface area contributed by atoms with Gasteiger partial charge in [0.15, 0.2) is 5.69 Å². The quantitative estimate of drug-likeness (QED) is 0.0656. The van der Waals surface area contributed by atoms with Gasteiger partial charge in [0, 0.05) is 66.1 Å². The monoisotopic (exact) mass is 1490 g/mol. The van der Waals surface area contributed by atoms with Gasteiger partial charge in [-0.1, -0.05) is 273 Å². The van der Waals surface area contributed by atoms with Gasteiger partial charge in [-0.05, 0) is 276 Å². The highest BCUT2D eigenvalue weighted by molar-refractivity contribution is 6.43. The number of pyridine rings is 1. The van der Waals surface area contributed by atoms with E-state index in [0.29, 0.717) is 11.3 Å². The molecule has 0 N–H and O–H groups in total. The molecule has 0 atom stereocenters. The number of para-hydroxylation sites is 2. The molecule has 0 amide bonds. The third-order valence-electron chi connectivity index (χ3n) is 24.1. The summed E-state index contributed by atoms with van der Waals surface area (Å²) in [5, 5.41) is 27.1. The summed E-state index contributed by atoms with van der Waals surface area (Å²) < 4.78 is 2.45. The van der Waals surface area contributed by atoms with Gasteiger partial charge in [0.25, 0.3) is 0 Å². The van der Waals surface area contributed by atoms with Gasteiger partial charge >= 0.3 is 0 Å². The van der Waals surface area contributed by atoms with Crippen molar-refractivity contribution in [2.45, 2.75) is 41.5 Å². The number of rotatable bonds is 13. The highest BCUT2D eigenvalue weighted by Crippen LogP contribution is 2.58. The molecule has 552 valence electrons. The van der Waals surface area contributed by atoms with Gasteiger partial charge in [-0.15, -0.1) is 0 Å². The van der Waals surface area contributed by atoms with Crippen molar-refractivity contribution >= 4 is 126 Å². The third kappa shape index (κ3) is 12.1. The van der Waals surface area contributed by atoms with Gasteiger partial charge < -0.3 is 14.4 Å². The van der Waals surface area contributed by atoms with E-state index >= 15 is 0 Å². The molecule has 0 aliphatic heterocycles. The molecule has 21 aromatic rings. The van der Waals surface area contributed by atoms with E-state index in [4.69, 9.17) is 6.57 Å². The molecule has 21 rings (SSSR count). The zero-order valence-electron chi connectivity index (χ0n) is 66.0. The minimum Gasteiger partial charge on any atom is -0.310 e. The first-order valence-corrected chi connectivity index (χ1v) is 40.1. The molecule has 117 heavy (non-hydrogen) atoms. The van der Waals surface area contributed by atoms with E-state index < -0.39 is 0 Å². The lowest BCUT2D eigenvalue weighted by molar-refractivity contribution is 1.17. The summed E-state index contributed by atoms with van der Waals surface area (Å²) in [6, 6.07) is 137. The van der Waals surface area contributed by atoms with Crippen molar-refractivity contribution in [3.8, 4) is 78.5 Å². The molecule has 0 fully saturated rings. The number of aryl methyl sites for hydroxylation is 6. The Hall–Kier alpha value is -15.1. The lowest BCUT2D eigenvalue weighted by Crippen LogP contribution is -2.13. The summed E-state index contributed by atoms with van der Waals surface area (Å²) in [5.41, 5.74) is 32.7. The van der Waals surface area contributed by atoms with Crippen molar-refractivity contribution in [2.75, 3.05) is 9.80 Å². The number of benzene rings is 19. The minimum absolute atomic E-state index is 0.616. The Morgan fingerprint density at radius 1 is 0.274 bits per heavy atom. The van der Waals surface area contributed by atoms with E-state index in [1.165, 1.54) is 143 Å². The number of fused-ring (bicyclic) bond motifs is 5. The highest BCUT2D eigenvalue weighted by atomic mass is 15.2. The topological polar surface area (TPSA) is 39.6 Å². The van der Waals surface area contributed by atoms with E-state index in [9.17, 15) is 5.26 Å². The van der Waals surface area contributed by atoms with Gasteiger partial charge in [-0.2, -0.15) is 5.26 Å². The van der Waals surface area contributed by atoms with Crippen LogP contribution in [0.1, 0.15) is 38.9 Å². The second-order valence-electron chi connectivity index (χ2n) is 31.1. The fourth-order valence-corrected chi connectivity index (χ4v) is 18.4. The smallest absolute Gasteiger partial charge is 0.187 e. The van der Waals surface area contributed by atoms with Crippen LogP contribution >= 0.6 is 0 Å². The maximum absolute atomic E-state index is 9.93. The van der Waals surface area contributed by atoms with Crippen molar-refractivity contribution in [3.63, 3.8) is 0 Å². The normalized spacial score (nSPS) is 11.5. The molecule has 0 aliphatic carbocycles. The van der Waals surface area contributed by atoms with Gasteiger partial charge in [0.2, 0.25) is 0 Å². The lowest BCUT2D eigenvalue weighted by Gasteiger charge is -2.32. The van der Waals surface area contributed by atoms with E-state index in [-0.39, 0.29) is 0 Å². The Kier molecular flexibility index (Phi) is 17.7. The van der Waals surface area contributed by atoms with Gasteiger partial charge in [-0.25, -0.2) is 4.85 Å². The van der Waals surface area contributed by atoms with Crippen molar-refractivity contribution < 1.29 is 0 Å². The molecule has 0 spiro atoms. The molecule has 0 saturated carbocycles. The van der Waals surface area contributed by atoms with Crippen LogP contribution in [-0.4, -0.2) is 4.57 Å². The summed E-state index contributed by atoms with van der Waals surface area (Å²) in [7, 11) is 0. The zero-order valence-corrected chi connectivity index (χ0v) is 66.0. The molecule has 1 heterocycles. The van der Waals surface area contributed by atoms with E-state index in [0.717, 1.165) is 83.6 Å². The zero-order chi connectivity index (χ0) is 79.1. The number of nitrogens with zero attached hydrogens (tertiary/aromatic N) is 5. The Bertz CT molecular complexity index is 7410. The molecule has 0 radical (unpaired) electrons. The first kappa shape index (κ1) is 70.9. The Morgan fingerprint density at radius 2 is 0.701 bits per heavy atom. The van der Waals surface area contributed by atoms with Crippen LogP contribution < -0.4 is 9.80 Å². The average Bonchev–Trinajstić information content (AvgIpc) is 1.56. The maximum atomic E-state index is 9.93. The number of anilines is 6. The predicted octanol–water partition coefficient (Wildman–Crippen LogP) is 31.5. The van der Waals surface area contributed by atoms with Crippen LogP contribution in [0.15, 0.2) is 370 Å². The SMILES string of the molecule is [C-]#[N+]c1ccc(-c2ccc3c(N(c4cccc(C)c4)c4ccc(C)c(C)c4)cc4c(-c5ccc(C#N)cc5)cc(N(c5cccc(C)c5)c5ccc(C)c(C)c5)c5ccc2c3c45)cc1.c1ccc(-c2c(-c3ccccc3)c(-c3ccccc3)c3c4ccc5c6c(ccc(c3c2-c2ccccc2)c46)c2ccccc2n5-c2ccccc2)cc1. The van der Waals surface area contributed by atoms with Gasteiger partial charge in [0.05, 0.1) is 40.6 Å². The van der Waals surface area contributed by atoms with Crippen molar-refractivity contribution in [1.82, 2.24) is 4.57 Å². The molecule has 0 saturated heterocycles. The molecule has 20 aromatic carbocycles. The van der Waals surface area contributed by atoms with E-state index in [1.807, 2.05) is 24.3 Å². The maximum Gasteiger partial charge on any atom is 0.187 e. The molecular weight excluding hydrogens is 1420 g/mol. The number of nitriles is 1. The van der Waals surface area contributed by atoms with Crippen LogP contribution in [0.2, 0.25) is 0 Å². The number of aromatic nitrogens is 1. The fourth-order valence-electron chi connectivity index (χ4n) is 18.4. The molecule has 1 aromatic heterocycles. The van der Waals surface area contributed by atoms with E-state index in [2.05, 4.69) is 413 Å². The Labute approximate surface area is 681 Å². The first-order chi connectivity index (χ1) is 57.5. The van der Waals surface area contributed by atoms with Crippen LogP contribution in [0, 0.1) is 59.4 Å². The standard InChI is InChI=1S/C60H46N4.C52H33N/c1-37-10-8-12-47(30-37)63(49-24-14-39(3)41(5)32-49)57-34-55(45-18-16-43(36-61)17-19-45)56-35-58(64(48-13-9-11-38(2)31-48)50-25-15-40(4)42(6)33-50)53-28-26-51(44-20-22-46(62-7)23-21-44)52-27-29-54(57)60(56)59(52)53;1-6-18-34(19-7-1)45-46(35-20-8-2-9-21-35)48(37-24-12-4-13-25-37)52-42-32-33-44-50-40(39-28-16-17-29-43(39)53(44)38-26-14-5-15-27-38)30-31-41(49(42)50)51(52)47(45)36-22-10-3-11-23-36/h8-35H,1-6H3;1-33H. The van der Waals surface area contributed by atoms with Gasteiger partial charge in [-0.3, -0.25) is 0 Å². The number of hydrogen-bond acceptors (Lipinski definition) is 3. The van der Waals surface area contributed by atoms with Crippen LogP contribution in [-0.2, 0) is 0 Å². The molecule has 0 unspecified atom stereocenters. The fraction of sp³-hybridized carbons (Fsp3) is 0.0536. The highest BCUT2D eigenvalue weighted by Gasteiger charge is 2.32. The second-order valence-corrected chi connectivity index (χ2v) is 31.1. The molecular formula is C112H79N5. The summed E-state index contributed by atoms with van der Waals surface area (Å²) in [6.07, 6.45) is 0. The molecule has 5 nitrogen and oxygen atoms in total. The Morgan fingerprint density at radius 3 is 1.22 bits per heavy atom. The summed E-state index contributed by atoms with van der Waals surface area (Å²) in [5.74, 6) is 0. The average molecular weight is 1490 g/mol. The van der Waals surface area contributed by atoms with Crippen molar-refractivity contribution in [2.24, 2.45) is 0 Å². The molecule has 5 heteroatoms. The van der Waals surface area contributed by atoms with Gasteiger partial charge in [0.1, 0.15) is 0 Å². The van der Waals surface area contributed by atoms with Crippen LogP contribution in [0.25, 0.3) is 164 Å². The van der Waals surface area contributed by atoms with Crippen LogP contribution in [0.5, 0.6) is 0 Å². The summed E-state index contributed by atoms with van der Waals surface area (Å²) in [6.45, 7) is 20.7. The first-order valence-electron chi connectivity index (χ1n) is 40.1. The van der Waals surface area contributed by atoms with Crippen LogP contribution in [0.4, 0.5) is 39.8 Å². The number of hydrogen-bond donors (Lipinski definition) is 0. The molecule has 0 bridgehead atoms. The predicted molar refractivity (Wildman–Crippen MR) is 496 cm³/mol. The Balaban J connectivity index is 0.000000153.